The van der Waals surface area contributed by atoms with Crippen LogP contribution < -0.4 is 10.5 Å². The van der Waals surface area contributed by atoms with E-state index < -0.39 is 5.97 Å². The molecule has 0 atom stereocenters. The molecular weight excluding hydrogens is 266 g/mol. The van der Waals surface area contributed by atoms with Gasteiger partial charge in [-0.1, -0.05) is 0 Å². The number of carbonyl (C=O) groups is 1. The Kier molecular flexibility index (Phi) is 2.99. The van der Waals surface area contributed by atoms with Crippen LogP contribution in [0, 0.1) is 0 Å². The first-order valence-corrected chi connectivity index (χ1v) is 5.84. The smallest absolute Gasteiger partial charge is 0.345 e. The molecule has 2 aromatic rings. The maximum atomic E-state index is 11.2. The summed E-state index contributed by atoms with van der Waals surface area (Å²) in [5, 5.41) is 9.18. The number of carboxylic acids is 1. The average molecular weight is 277 g/mol. The van der Waals surface area contributed by atoms with E-state index in [-0.39, 0.29) is 29.2 Å². The van der Waals surface area contributed by atoms with Gasteiger partial charge in [0.15, 0.2) is 11.3 Å². The van der Waals surface area contributed by atoms with Crippen molar-refractivity contribution in [2.75, 3.05) is 18.9 Å². The summed E-state index contributed by atoms with van der Waals surface area (Å²) in [6.07, 6.45) is 1.23. The quantitative estimate of drug-likeness (QED) is 0.841. The number of nitrogen functional groups attached to an aromatic ring is 1. The molecule has 1 saturated heterocycles. The molecule has 0 saturated carbocycles. The van der Waals surface area contributed by atoms with E-state index >= 15 is 0 Å². The molecule has 2 aromatic heterocycles. The highest BCUT2D eigenvalue weighted by molar-refractivity contribution is 5.95. The van der Waals surface area contributed by atoms with Crippen molar-refractivity contribution >= 4 is 11.8 Å². The van der Waals surface area contributed by atoms with E-state index in [9.17, 15) is 9.90 Å². The van der Waals surface area contributed by atoms with Crippen molar-refractivity contribution in [3.05, 3.63) is 24.0 Å². The van der Waals surface area contributed by atoms with Crippen molar-refractivity contribution in [3.63, 3.8) is 0 Å². The number of nitrogens with two attached hydrogens (primary N) is 1. The first-order valence-electron chi connectivity index (χ1n) is 5.84. The minimum Gasteiger partial charge on any atom is -0.477 e. The van der Waals surface area contributed by atoms with Gasteiger partial charge in [0.25, 0.3) is 0 Å². The molecule has 8 nitrogen and oxygen atoms in total. The first-order chi connectivity index (χ1) is 9.65. The highest BCUT2D eigenvalue weighted by atomic mass is 16.6. The molecule has 0 amide bonds. The van der Waals surface area contributed by atoms with Crippen LogP contribution in [0.5, 0.6) is 5.88 Å². The third-order valence-corrected chi connectivity index (χ3v) is 2.75. The SMILES string of the molecule is Nc1nc(-c2ccco2)nc(OC2COC2)c1C(=O)O. The molecule has 20 heavy (non-hydrogen) atoms. The number of carboxylic acid groups (broad SMARTS) is 1. The zero-order chi connectivity index (χ0) is 14.1. The summed E-state index contributed by atoms with van der Waals surface area (Å²) in [6, 6.07) is 3.31. The molecule has 0 unspecified atom stereocenters. The molecule has 1 fully saturated rings. The van der Waals surface area contributed by atoms with Crippen LogP contribution in [0.15, 0.2) is 22.8 Å². The highest BCUT2D eigenvalue weighted by Crippen LogP contribution is 2.27. The standard InChI is InChI=1S/C12H11N3O5/c13-9-8(12(16)17)11(20-6-4-18-5-6)15-10(14-9)7-2-1-3-19-7/h1-3,6H,4-5H2,(H,16,17)(H2,13,14,15). The van der Waals surface area contributed by atoms with Gasteiger partial charge < -0.3 is 24.7 Å². The second-order valence-corrected chi connectivity index (χ2v) is 4.17. The molecule has 104 valence electrons. The molecule has 0 aromatic carbocycles. The molecule has 0 bridgehead atoms. The van der Waals surface area contributed by atoms with E-state index in [0.717, 1.165) is 0 Å². The molecule has 1 aliphatic rings. The van der Waals surface area contributed by atoms with Gasteiger partial charge in [0.1, 0.15) is 11.9 Å². The van der Waals surface area contributed by atoms with Gasteiger partial charge in [0.2, 0.25) is 11.7 Å². The summed E-state index contributed by atoms with van der Waals surface area (Å²) in [4.78, 5) is 19.2. The van der Waals surface area contributed by atoms with Crippen molar-refractivity contribution < 1.29 is 23.8 Å². The summed E-state index contributed by atoms with van der Waals surface area (Å²) in [7, 11) is 0. The fraction of sp³-hybridized carbons (Fsp3) is 0.250. The number of aromatic nitrogens is 2. The summed E-state index contributed by atoms with van der Waals surface area (Å²) in [5.41, 5.74) is 5.42. The second kappa shape index (κ2) is 4.82. The van der Waals surface area contributed by atoms with Crippen LogP contribution in [0.2, 0.25) is 0 Å². The average Bonchev–Trinajstić information content (AvgIpc) is 2.86. The third kappa shape index (κ3) is 2.16. The lowest BCUT2D eigenvalue weighted by Crippen LogP contribution is -2.39. The minimum absolute atomic E-state index is 0.0790. The van der Waals surface area contributed by atoms with Gasteiger partial charge in [0, 0.05) is 0 Å². The summed E-state index contributed by atoms with van der Waals surface area (Å²) < 4.78 is 15.6. The van der Waals surface area contributed by atoms with Crippen LogP contribution in [-0.4, -0.2) is 40.4 Å². The largest absolute Gasteiger partial charge is 0.477 e. The fourth-order valence-electron chi connectivity index (χ4n) is 1.70. The number of furan rings is 1. The van der Waals surface area contributed by atoms with Crippen molar-refractivity contribution in [1.29, 1.82) is 0 Å². The Hall–Kier alpha value is -2.61. The Labute approximate surface area is 113 Å². The number of ether oxygens (including phenoxy) is 2. The normalized spacial score (nSPS) is 14.8. The van der Waals surface area contributed by atoms with Crippen molar-refractivity contribution in [3.8, 4) is 17.5 Å². The van der Waals surface area contributed by atoms with Gasteiger partial charge in [-0.05, 0) is 12.1 Å². The van der Waals surface area contributed by atoms with Gasteiger partial charge in [-0.15, -0.1) is 0 Å². The van der Waals surface area contributed by atoms with E-state index in [1.807, 2.05) is 0 Å². The monoisotopic (exact) mass is 277 g/mol. The van der Waals surface area contributed by atoms with Gasteiger partial charge in [-0.2, -0.15) is 4.98 Å². The molecule has 8 heteroatoms. The minimum atomic E-state index is -1.25. The van der Waals surface area contributed by atoms with E-state index in [1.165, 1.54) is 6.26 Å². The Morgan fingerprint density at radius 2 is 2.25 bits per heavy atom. The maximum absolute atomic E-state index is 11.2. The third-order valence-electron chi connectivity index (χ3n) is 2.75. The maximum Gasteiger partial charge on any atom is 0.345 e. The topological polar surface area (TPSA) is 121 Å². The van der Waals surface area contributed by atoms with Crippen LogP contribution in [0.25, 0.3) is 11.6 Å². The van der Waals surface area contributed by atoms with Crippen LogP contribution in [0.1, 0.15) is 10.4 Å². The lowest BCUT2D eigenvalue weighted by atomic mass is 10.2. The number of hydrogen-bond acceptors (Lipinski definition) is 7. The Balaban J connectivity index is 2.04. The Morgan fingerprint density at radius 1 is 1.45 bits per heavy atom. The van der Waals surface area contributed by atoms with E-state index in [4.69, 9.17) is 19.6 Å². The Bertz CT molecular complexity index is 637. The van der Waals surface area contributed by atoms with E-state index in [2.05, 4.69) is 9.97 Å². The first kappa shape index (κ1) is 12.4. The Morgan fingerprint density at radius 3 is 2.80 bits per heavy atom. The second-order valence-electron chi connectivity index (χ2n) is 4.17. The number of aromatic carboxylic acids is 1. The molecule has 0 aliphatic carbocycles. The van der Waals surface area contributed by atoms with Gasteiger partial charge in [-0.3, -0.25) is 0 Å². The molecule has 3 heterocycles. The van der Waals surface area contributed by atoms with Crippen molar-refractivity contribution in [1.82, 2.24) is 9.97 Å². The summed E-state index contributed by atoms with van der Waals surface area (Å²) >= 11 is 0. The molecule has 3 N–H and O–H groups in total. The molecule has 3 rings (SSSR count). The lowest BCUT2D eigenvalue weighted by molar-refractivity contribution is -0.0815. The fourth-order valence-corrected chi connectivity index (χ4v) is 1.70. The highest BCUT2D eigenvalue weighted by Gasteiger charge is 2.27. The van der Waals surface area contributed by atoms with E-state index in [1.54, 1.807) is 12.1 Å². The molecule has 0 spiro atoms. The zero-order valence-electron chi connectivity index (χ0n) is 10.3. The van der Waals surface area contributed by atoms with Gasteiger partial charge in [0.05, 0.1) is 19.5 Å². The lowest BCUT2D eigenvalue weighted by Gasteiger charge is -2.26. The van der Waals surface area contributed by atoms with Crippen LogP contribution in [-0.2, 0) is 4.74 Å². The summed E-state index contributed by atoms with van der Waals surface area (Å²) in [6.45, 7) is 0.776. The molecule has 1 aliphatic heterocycles. The van der Waals surface area contributed by atoms with Crippen molar-refractivity contribution in [2.45, 2.75) is 6.10 Å². The number of anilines is 1. The number of rotatable bonds is 4. The zero-order valence-corrected chi connectivity index (χ0v) is 10.3. The van der Waals surface area contributed by atoms with E-state index in [0.29, 0.717) is 19.0 Å². The predicted molar refractivity (Wildman–Crippen MR) is 66.3 cm³/mol. The van der Waals surface area contributed by atoms with Crippen LogP contribution >= 0.6 is 0 Å². The van der Waals surface area contributed by atoms with Crippen LogP contribution in [0.3, 0.4) is 0 Å². The molecular formula is C12H11N3O5. The van der Waals surface area contributed by atoms with Crippen LogP contribution in [0.4, 0.5) is 5.82 Å². The van der Waals surface area contributed by atoms with Gasteiger partial charge in [-0.25, -0.2) is 9.78 Å². The predicted octanol–water partition coefficient (Wildman–Crippen LogP) is 0.795. The molecule has 0 radical (unpaired) electrons. The number of nitrogens with zero attached hydrogens (tertiary/aromatic N) is 2. The van der Waals surface area contributed by atoms with Crippen molar-refractivity contribution in [2.24, 2.45) is 0 Å². The summed E-state index contributed by atoms with van der Waals surface area (Å²) in [5.74, 6) is -0.946. The van der Waals surface area contributed by atoms with Gasteiger partial charge >= 0.3 is 5.97 Å². The number of hydrogen-bond donors (Lipinski definition) is 2.